The molecule has 6 heteroatoms. The van der Waals surface area contributed by atoms with Crippen molar-refractivity contribution < 1.29 is 13.7 Å². The van der Waals surface area contributed by atoms with Gasteiger partial charge in [-0.1, -0.05) is 36.4 Å². The number of nitro benzene ring substituents is 1. The van der Waals surface area contributed by atoms with Crippen LogP contribution in [0.4, 0.5) is 14.5 Å². The molecule has 0 bridgehead atoms. The summed E-state index contributed by atoms with van der Waals surface area (Å²) in [5.74, 6) is 0. The zero-order valence-electron chi connectivity index (χ0n) is 9.52. The molecule has 0 heterocycles. The van der Waals surface area contributed by atoms with Crippen LogP contribution in [0.3, 0.4) is 0 Å². The molecule has 0 aliphatic carbocycles. The Morgan fingerprint density at radius 1 is 1.05 bits per heavy atom. The minimum atomic E-state index is -3.08. The summed E-state index contributed by atoms with van der Waals surface area (Å²) in [6, 6.07) is 11.6. The molecule has 0 atom stereocenters. The molecular weight excluding hydrogens is 320 g/mol. The number of alkyl halides is 3. The first-order valence-electron chi connectivity index (χ1n) is 5.30. The minimum Gasteiger partial charge on any atom is -0.258 e. The summed E-state index contributed by atoms with van der Waals surface area (Å²) >= 11 is 2.28. The zero-order valence-corrected chi connectivity index (χ0v) is 11.1. The molecule has 0 radical (unpaired) electrons. The van der Waals surface area contributed by atoms with Crippen LogP contribution in [0.1, 0.15) is 5.56 Å². The van der Waals surface area contributed by atoms with Crippen LogP contribution in [-0.2, 0) is 4.83 Å². The number of hydrogen-bond donors (Lipinski definition) is 0. The third kappa shape index (κ3) is 3.14. The fourth-order valence-electron chi connectivity index (χ4n) is 1.65. The molecule has 98 valence electrons. The van der Waals surface area contributed by atoms with Crippen molar-refractivity contribution in [2.75, 3.05) is 0 Å². The molecule has 0 fully saturated rings. The van der Waals surface area contributed by atoms with Crippen LogP contribution in [0.5, 0.6) is 0 Å². The van der Waals surface area contributed by atoms with Crippen molar-refractivity contribution in [3.05, 3.63) is 64.2 Å². The number of nitro groups is 1. The van der Waals surface area contributed by atoms with E-state index in [1.165, 1.54) is 36.4 Å². The van der Waals surface area contributed by atoms with Gasteiger partial charge in [0.2, 0.25) is 0 Å². The number of benzene rings is 2. The Morgan fingerprint density at radius 2 is 1.68 bits per heavy atom. The Hall–Kier alpha value is -1.82. The van der Waals surface area contributed by atoms with Crippen LogP contribution in [-0.4, -0.2) is 4.92 Å². The number of hydrogen-bond acceptors (Lipinski definition) is 2. The lowest BCUT2D eigenvalue weighted by Gasteiger charge is -2.09. The number of rotatable bonds is 3. The van der Waals surface area contributed by atoms with E-state index in [2.05, 4.69) is 15.9 Å². The number of non-ortho nitro benzene ring substituents is 1. The predicted molar refractivity (Wildman–Crippen MR) is 71.4 cm³/mol. The fraction of sp³-hybridized carbons (Fsp3) is 0.0769. The van der Waals surface area contributed by atoms with Gasteiger partial charge in [0.05, 0.1) is 4.92 Å². The van der Waals surface area contributed by atoms with Gasteiger partial charge >= 0.3 is 4.83 Å². The number of nitrogens with zero attached hydrogens (tertiary/aromatic N) is 1. The first kappa shape index (κ1) is 13.6. The van der Waals surface area contributed by atoms with Gasteiger partial charge in [0.15, 0.2) is 0 Å². The second-order valence-corrected chi connectivity index (χ2v) is 4.88. The second-order valence-electron chi connectivity index (χ2n) is 3.88. The quantitative estimate of drug-likeness (QED) is 0.465. The van der Waals surface area contributed by atoms with E-state index in [1.807, 2.05) is 0 Å². The van der Waals surface area contributed by atoms with E-state index in [-0.39, 0.29) is 11.3 Å². The van der Waals surface area contributed by atoms with Crippen molar-refractivity contribution in [1.29, 1.82) is 0 Å². The highest BCUT2D eigenvalue weighted by Crippen LogP contribution is 2.35. The van der Waals surface area contributed by atoms with Crippen molar-refractivity contribution in [2.24, 2.45) is 0 Å². The van der Waals surface area contributed by atoms with Gasteiger partial charge < -0.3 is 0 Å². The molecule has 0 aromatic heterocycles. The Bertz CT molecular complexity index is 609. The largest absolute Gasteiger partial charge is 0.326 e. The molecule has 0 amide bonds. The van der Waals surface area contributed by atoms with Crippen LogP contribution in [0.25, 0.3) is 11.1 Å². The summed E-state index contributed by atoms with van der Waals surface area (Å²) in [6.07, 6.45) is 0. The molecule has 19 heavy (non-hydrogen) atoms. The van der Waals surface area contributed by atoms with Gasteiger partial charge in [-0.3, -0.25) is 10.1 Å². The summed E-state index contributed by atoms with van der Waals surface area (Å²) in [5.41, 5.74) is 1.05. The van der Waals surface area contributed by atoms with Gasteiger partial charge in [-0.15, -0.1) is 0 Å². The van der Waals surface area contributed by atoms with E-state index < -0.39 is 9.76 Å². The van der Waals surface area contributed by atoms with Crippen LogP contribution < -0.4 is 0 Å². The fourth-order valence-corrected chi connectivity index (χ4v) is 1.92. The van der Waals surface area contributed by atoms with Crippen LogP contribution in [0, 0.1) is 10.1 Å². The van der Waals surface area contributed by atoms with E-state index in [0.29, 0.717) is 11.1 Å². The summed E-state index contributed by atoms with van der Waals surface area (Å²) in [4.78, 5) is 7.10. The van der Waals surface area contributed by atoms with Gasteiger partial charge in [-0.05, 0) is 27.1 Å². The van der Waals surface area contributed by atoms with Crippen molar-refractivity contribution in [3.63, 3.8) is 0 Å². The van der Waals surface area contributed by atoms with Crippen molar-refractivity contribution in [1.82, 2.24) is 0 Å². The standard InChI is InChI=1S/C13H8BrF2NO2/c14-13(15,16)11-6-4-9(5-7-11)10-2-1-3-12(8-10)17(18)19/h1-8H. The Morgan fingerprint density at radius 3 is 2.21 bits per heavy atom. The highest BCUT2D eigenvalue weighted by atomic mass is 79.9. The third-order valence-electron chi connectivity index (χ3n) is 2.60. The zero-order chi connectivity index (χ0) is 14.0. The average molecular weight is 328 g/mol. The minimum absolute atomic E-state index is 0.0348. The van der Waals surface area contributed by atoms with E-state index in [4.69, 9.17) is 0 Å². The molecule has 0 aliphatic heterocycles. The van der Waals surface area contributed by atoms with Gasteiger partial charge in [0.1, 0.15) is 0 Å². The summed E-state index contributed by atoms with van der Waals surface area (Å²) < 4.78 is 26.0. The Kier molecular flexibility index (Phi) is 3.61. The van der Waals surface area contributed by atoms with Crippen molar-refractivity contribution >= 4 is 21.6 Å². The molecule has 0 saturated carbocycles. The third-order valence-corrected chi connectivity index (χ3v) is 3.06. The summed E-state index contributed by atoms with van der Waals surface area (Å²) in [6.45, 7) is 0. The smallest absolute Gasteiger partial charge is 0.258 e. The van der Waals surface area contributed by atoms with Crippen LogP contribution in [0.2, 0.25) is 0 Å². The molecule has 0 aliphatic rings. The molecule has 0 saturated heterocycles. The molecule has 2 rings (SSSR count). The molecule has 3 nitrogen and oxygen atoms in total. The van der Waals surface area contributed by atoms with Crippen molar-refractivity contribution in [2.45, 2.75) is 4.83 Å². The molecule has 2 aromatic rings. The van der Waals surface area contributed by atoms with Crippen LogP contribution in [0.15, 0.2) is 48.5 Å². The normalized spacial score (nSPS) is 11.3. The van der Waals surface area contributed by atoms with Crippen molar-refractivity contribution in [3.8, 4) is 11.1 Å². The lowest BCUT2D eigenvalue weighted by atomic mass is 10.0. The van der Waals surface area contributed by atoms with E-state index in [9.17, 15) is 18.9 Å². The average Bonchev–Trinajstić information content (AvgIpc) is 2.38. The number of halogens is 3. The topological polar surface area (TPSA) is 43.1 Å². The SMILES string of the molecule is O=[N+]([O-])c1cccc(-c2ccc(C(F)(F)Br)cc2)c1. The molecule has 0 N–H and O–H groups in total. The summed E-state index contributed by atoms with van der Waals surface area (Å²) in [7, 11) is 0. The first-order valence-corrected chi connectivity index (χ1v) is 6.09. The van der Waals surface area contributed by atoms with E-state index in [1.54, 1.807) is 12.1 Å². The predicted octanol–water partition coefficient (Wildman–Crippen LogP) is 4.71. The van der Waals surface area contributed by atoms with E-state index in [0.717, 1.165) is 0 Å². The van der Waals surface area contributed by atoms with Gasteiger partial charge in [-0.2, -0.15) is 8.78 Å². The van der Waals surface area contributed by atoms with Gasteiger partial charge in [-0.25, -0.2) is 0 Å². The molecular formula is C13H8BrF2NO2. The Labute approximate surface area is 116 Å². The van der Waals surface area contributed by atoms with Gasteiger partial charge in [0, 0.05) is 17.7 Å². The maximum absolute atomic E-state index is 13.0. The molecule has 0 unspecified atom stereocenters. The Balaban J connectivity index is 2.37. The lowest BCUT2D eigenvalue weighted by molar-refractivity contribution is -0.384. The monoisotopic (exact) mass is 327 g/mol. The highest BCUT2D eigenvalue weighted by molar-refractivity contribution is 9.09. The maximum Gasteiger partial charge on any atom is 0.326 e. The second kappa shape index (κ2) is 5.05. The highest BCUT2D eigenvalue weighted by Gasteiger charge is 2.26. The van der Waals surface area contributed by atoms with Gasteiger partial charge in [0.25, 0.3) is 5.69 Å². The maximum atomic E-state index is 13.0. The first-order chi connectivity index (χ1) is 8.88. The van der Waals surface area contributed by atoms with E-state index >= 15 is 0 Å². The van der Waals surface area contributed by atoms with Crippen LogP contribution >= 0.6 is 15.9 Å². The summed E-state index contributed by atoms with van der Waals surface area (Å²) in [5, 5.41) is 10.7. The lowest BCUT2D eigenvalue weighted by Crippen LogP contribution is -2.01. The molecule has 2 aromatic carbocycles. The molecule has 0 spiro atoms.